The largest absolute Gasteiger partial charge is 0.493 e. The number of aromatic nitrogens is 1. The van der Waals surface area contributed by atoms with Crippen molar-refractivity contribution in [3.63, 3.8) is 0 Å². The second-order valence-corrected chi connectivity index (χ2v) is 6.13. The van der Waals surface area contributed by atoms with E-state index in [4.69, 9.17) is 0 Å². The first-order valence-electron chi connectivity index (χ1n) is 6.57. The number of nitrogens with zero attached hydrogens (tertiary/aromatic N) is 2. The van der Waals surface area contributed by atoms with Gasteiger partial charge in [0, 0.05) is 14.5 Å². The molecule has 110 valence electrons. The number of carbonyl (C=O) groups excluding carboxylic acids is 1. The number of hydrogen-bond acceptors (Lipinski definition) is 3. The number of aromatic amines is 1. The molecule has 5 nitrogen and oxygen atoms in total. The first-order chi connectivity index (χ1) is 10.5. The third-order valence-electron chi connectivity index (χ3n) is 3.24. The van der Waals surface area contributed by atoms with Crippen molar-refractivity contribution in [2.45, 2.75) is 6.92 Å². The Morgan fingerprint density at radius 2 is 1.91 bits per heavy atom. The van der Waals surface area contributed by atoms with Gasteiger partial charge >= 0.3 is 0 Å². The minimum Gasteiger partial charge on any atom is -0.493 e. The summed E-state index contributed by atoms with van der Waals surface area (Å²) in [5, 5.41) is 18.3. The minimum absolute atomic E-state index is 0.0974. The molecular formula is C16H12IN3O2. The molecule has 22 heavy (non-hydrogen) atoms. The van der Waals surface area contributed by atoms with E-state index < -0.39 is 5.91 Å². The number of fused-ring (bicyclic) bond motifs is 1. The van der Waals surface area contributed by atoms with Gasteiger partial charge in [0.1, 0.15) is 0 Å². The molecule has 2 aromatic carbocycles. The highest BCUT2D eigenvalue weighted by Crippen LogP contribution is 2.35. The van der Waals surface area contributed by atoms with E-state index in [0.29, 0.717) is 5.56 Å². The number of H-pyrrole nitrogens is 1. The summed E-state index contributed by atoms with van der Waals surface area (Å²) in [5.41, 5.74) is 2.52. The summed E-state index contributed by atoms with van der Waals surface area (Å²) >= 11 is 2.16. The lowest BCUT2D eigenvalue weighted by Crippen LogP contribution is -1.92. The number of carbonyl (C=O) groups is 1. The van der Waals surface area contributed by atoms with Crippen molar-refractivity contribution in [3.8, 4) is 5.88 Å². The van der Waals surface area contributed by atoms with Crippen LogP contribution in [0, 0.1) is 10.5 Å². The lowest BCUT2D eigenvalue weighted by molar-refractivity contribution is 0.0995. The van der Waals surface area contributed by atoms with Crippen LogP contribution < -0.4 is 0 Å². The predicted octanol–water partition coefficient (Wildman–Crippen LogP) is 4.71. The lowest BCUT2D eigenvalue weighted by atomic mass is 10.1. The van der Waals surface area contributed by atoms with E-state index in [1.54, 1.807) is 12.1 Å². The van der Waals surface area contributed by atoms with Gasteiger partial charge in [-0.15, -0.1) is 10.2 Å². The summed E-state index contributed by atoms with van der Waals surface area (Å²) in [5.74, 6) is -0.544. The summed E-state index contributed by atoms with van der Waals surface area (Å²) in [4.78, 5) is 14.8. The Morgan fingerprint density at radius 1 is 1.18 bits per heavy atom. The van der Waals surface area contributed by atoms with Crippen molar-refractivity contribution in [1.82, 2.24) is 4.98 Å². The number of aromatic hydroxyl groups is 1. The molecule has 0 unspecified atom stereocenters. The zero-order valence-electron chi connectivity index (χ0n) is 11.7. The fourth-order valence-corrected chi connectivity index (χ4v) is 2.48. The number of aryl methyl sites for hydroxylation is 1. The third-order valence-corrected chi connectivity index (χ3v) is 3.96. The molecular weight excluding hydrogens is 393 g/mol. The number of azo groups is 1. The molecule has 1 amide bonds. The molecule has 0 aliphatic heterocycles. The van der Waals surface area contributed by atoms with Gasteiger partial charge in [-0.05, 0) is 65.9 Å². The van der Waals surface area contributed by atoms with Gasteiger partial charge in [-0.3, -0.25) is 4.79 Å². The van der Waals surface area contributed by atoms with Gasteiger partial charge in [-0.2, -0.15) is 0 Å². The van der Waals surface area contributed by atoms with E-state index in [1.165, 1.54) is 0 Å². The molecule has 3 aromatic rings. The first-order valence-corrected chi connectivity index (χ1v) is 7.65. The van der Waals surface area contributed by atoms with E-state index in [2.05, 4.69) is 37.8 Å². The average Bonchev–Trinajstić information content (AvgIpc) is 2.80. The summed E-state index contributed by atoms with van der Waals surface area (Å²) in [6.07, 6.45) is 0. The summed E-state index contributed by atoms with van der Waals surface area (Å²) in [6, 6.07) is 12.7. The molecule has 0 fully saturated rings. The van der Waals surface area contributed by atoms with E-state index in [1.807, 2.05) is 37.3 Å². The standard InChI is InChI=1S/C16H12IN3O2/c1-9-2-7-13-12(8-9)14(16(22)18-13)19-20-15(21)10-3-5-11(17)6-4-10/h2-8,18,22H,1H3. The molecule has 0 saturated heterocycles. The van der Waals surface area contributed by atoms with E-state index in [0.717, 1.165) is 20.0 Å². The van der Waals surface area contributed by atoms with Crippen LogP contribution in [0.25, 0.3) is 10.9 Å². The summed E-state index contributed by atoms with van der Waals surface area (Å²) < 4.78 is 1.04. The normalized spacial score (nSPS) is 11.4. The Bertz CT molecular complexity index is 882. The smallest absolute Gasteiger partial charge is 0.295 e. The average molecular weight is 405 g/mol. The Hall–Kier alpha value is -2.22. The molecule has 0 aliphatic rings. The van der Waals surface area contributed by atoms with Gasteiger partial charge in [0.15, 0.2) is 5.69 Å². The SMILES string of the molecule is Cc1ccc2[nH]c(O)c(N=NC(=O)c3ccc(I)cc3)c2c1. The van der Waals surface area contributed by atoms with Crippen LogP contribution in [0.1, 0.15) is 15.9 Å². The number of rotatable bonds is 2. The second-order valence-electron chi connectivity index (χ2n) is 4.88. The molecule has 1 heterocycles. The number of halogens is 1. The van der Waals surface area contributed by atoms with Gasteiger partial charge in [-0.1, -0.05) is 11.6 Å². The van der Waals surface area contributed by atoms with Crippen molar-refractivity contribution in [2.24, 2.45) is 10.2 Å². The van der Waals surface area contributed by atoms with Gasteiger partial charge in [0.25, 0.3) is 5.91 Å². The predicted molar refractivity (Wildman–Crippen MR) is 92.7 cm³/mol. The Balaban J connectivity index is 1.95. The van der Waals surface area contributed by atoms with Gasteiger partial charge in [0.2, 0.25) is 5.88 Å². The van der Waals surface area contributed by atoms with Crippen molar-refractivity contribution < 1.29 is 9.90 Å². The quantitative estimate of drug-likeness (QED) is 0.479. The fraction of sp³-hybridized carbons (Fsp3) is 0.0625. The van der Waals surface area contributed by atoms with Crippen molar-refractivity contribution in [2.75, 3.05) is 0 Å². The number of benzene rings is 2. The molecule has 0 bridgehead atoms. The maximum atomic E-state index is 12.0. The summed E-state index contributed by atoms with van der Waals surface area (Å²) in [7, 11) is 0. The molecule has 0 atom stereocenters. The van der Waals surface area contributed by atoms with Crippen LogP contribution in [0.5, 0.6) is 5.88 Å². The van der Waals surface area contributed by atoms with Crippen LogP contribution in [-0.2, 0) is 0 Å². The number of nitrogens with one attached hydrogen (secondary N) is 1. The minimum atomic E-state index is -0.446. The highest BCUT2D eigenvalue weighted by molar-refractivity contribution is 14.1. The molecule has 1 aromatic heterocycles. The number of amides is 1. The van der Waals surface area contributed by atoms with Crippen molar-refractivity contribution in [3.05, 3.63) is 57.2 Å². The highest BCUT2D eigenvalue weighted by atomic mass is 127. The van der Waals surface area contributed by atoms with Crippen LogP contribution in [0.3, 0.4) is 0 Å². The Kier molecular flexibility index (Phi) is 3.93. The molecule has 2 N–H and O–H groups in total. The van der Waals surface area contributed by atoms with Crippen LogP contribution in [0.4, 0.5) is 5.69 Å². The zero-order chi connectivity index (χ0) is 15.7. The van der Waals surface area contributed by atoms with E-state index in [-0.39, 0.29) is 11.6 Å². The first kappa shape index (κ1) is 14.7. The summed E-state index contributed by atoms with van der Waals surface area (Å²) in [6.45, 7) is 1.95. The highest BCUT2D eigenvalue weighted by Gasteiger charge is 2.11. The third kappa shape index (κ3) is 2.87. The second kappa shape index (κ2) is 5.88. The van der Waals surface area contributed by atoms with Crippen molar-refractivity contribution in [1.29, 1.82) is 0 Å². The fourth-order valence-electron chi connectivity index (χ4n) is 2.12. The maximum Gasteiger partial charge on any atom is 0.295 e. The van der Waals surface area contributed by atoms with Crippen LogP contribution in [-0.4, -0.2) is 16.0 Å². The van der Waals surface area contributed by atoms with Gasteiger partial charge in [-0.25, -0.2) is 0 Å². The topological polar surface area (TPSA) is 77.8 Å². The van der Waals surface area contributed by atoms with Crippen LogP contribution in [0.2, 0.25) is 0 Å². The molecule has 0 radical (unpaired) electrons. The number of hydrogen-bond donors (Lipinski definition) is 2. The van der Waals surface area contributed by atoms with Crippen LogP contribution in [0.15, 0.2) is 52.7 Å². The molecule has 6 heteroatoms. The maximum absolute atomic E-state index is 12.0. The Labute approximate surface area is 140 Å². The lowest BCUT2D eigenvalue weighted by Gasteiger charge is -1.96. The Morgan fingerprint density at radius 3 is 2.64 bits per heavy atom. The molecule has 0 spiro atoms. The molecule has 3 rings (SSSR count). The van der Waals surface area contributed by atoms with E-state index in [9.17, 15) is 9.90 Å². The van der Waals surface area contributed by atoms with Crippen LogP contribution >= 0.6 is 22.6 Å². The van der Waals surface area contributed by atoms with Crippen molar-refractivity contribution >= 4 is 45.1 Å². The zero-order valence-corrected chi connectivity index (χ0v) is 13.8. The molecule has 0 aliphatic carbocycles. The van der Waals surface area contributed by atoms with E-state index >= 15 is 0 Å². The van der Waals surface area contributed by atoms with Gasteiger partial charge in [0.05, 0.1) is 5.52 Å². The monoisotopic (exact) mass is 405 g/mol. The van der Waals surface area contributed by atoms with Gasteiger partial charge < -0.3 is 10.1 Å². The molecule has 0 saturated carbocycles.